The summed E-state index contributed by atoms with van der Waals surface area (Å²) in [5.41, 5.74) is 1.63. The van der Waals surface area contributed by atoms with Crippen molar-refractivity contribution in [3.8, 4) is 18.2 Å². The molecule has 0 bridgehead atoms. The quantitative estimate of drug-likeness (QED) is 0.587. The molecular weight excluding hydrogens is 470 g/mol. The predicted molar refractivity (Wildman–Crippen MR) is 134 cm³/mol. The van der Waals surface area contributed by atoms with Gasteiger partial charge in [0.25, 0.3) is 0 Å². The van der Waals surface area contributed by atoms with Gasteiger partial charge in [-0.15, -0.1) is 0 Å². The van der Waals surface area contributed by atoms with Crippen LogP contribution >= 0.6 is 0 Å². The molecule has 2 fully saturated rings. The van der Waals surface area contributed by atoms with Crippen molar-refractivity contribution in [2.75, 3.05) is 28.3 Å². The van der Waals surface area contributed by atoms with E-state index in [1.165, 1.54) is 9.80 Å². The Morgan fingerprint density at radius 1 is 0.811 bits per heavy atom. The Bertz CT molecular complexity index is 1540. The number of amidine groups is 1. The summed E-state index contributed by atoms with van der Waals surface area (Å²) in [7, 11) is 0. The summed E-state index contributed by atoms with van der Waals surface area (Å²) in [6, 6.07) is 24.2. The molecule has 0 saturated carbocycles. The zero-order valence-electron chi connectivity index (χ0n) is 19.3. The summed E-state index contributed by atoms with van der Waals surface area (Å²) < 4.78 is 5.52. The minimum absolute atomic E-state index is 0.106. The van der Waals surface area contributed by atoms with Crippen LogP contribution in [0.15, 0.2) is 77.8 Å². The van der Waals surface area contributed by atoms with Gasteiger partial charge in [0.1, 0.15) is 0 Å². The highest BCUT2D eigenvalue weighted by molar-refractivity contribution is 6.34. The second kappa shape index (κ2) is 9.27. The van der Waals surface area contributed by atoms with Crippen molar-refractivity contribution in [3.63, 3.8) is 0 Å². The van der Waals surface area contributed by atoms with Crippen molar-refractivity contribution >= 4 is 35.0 Å². The zero-order valence-corrected chi connectivity index (χ0v) is 19.3. The summed E-state index contributed by atoms with van der Waals surface area (Å²) in [5, 5.41) is 30.0. The number of nitrogens with one attached hydrogen (secondary N) is 1. The first kappa shape index (κ1) is 23.3. The number of hydrogen-bond acceptors (Lipinski definition) is 6. The Morgan fingerprint density at radius 2 is 1.30 bits per heavy atom. The number of aliphatic imine (C=N–C) groups is 1. The van der Waals surface area contributed by atoms with E-state index in [0.717, 1.165) is 0 Å². The predicted octanol–water partition coefficient (Wildman–Crippen LogP) is 4.15. The van der Waals surface area contributed by atoms with Crippen molar-refractivity contribution in [3.05, 3.63) is 89.5 Å². The standard InChI is InChI=1S/C27H17N7O3/c28-13-18-1-7-21(8-2-18)31-25(35)32-24-27(16-37-17-27)34(23-11-5-20(15-30)6-12-23)26(36)33(24)22-9-3-19(14-29)4-10-22/h1-12H,16-17H2,(H,31,35). The summed E-state index contributed by atoms with van der Waals surface area (Å²) in [6.07, 6.45) is 0. The molecule has 4 amide bonds. The first-order valence-corrected chi connectivity index (χ1v) is 11.1. The maximum absolute atomic E-state index is 13.9. The van der Waals surface area contributed by atoms with Gasteiger partial charge in [0.05, 0.1) is 53.8 Å². The number of amides is 4. The van der Waals surface area contributed by atoms with Gasteiger partial charge in [0, 0.05) is 11.4 Å². The lowest BCUT2D eigenvalue weighted by Crippen LogP contribution is -2.64. The van der Waals surface area contributed by atoms with E-state index in [4.69, 9.17) is 15.3 Å². The van der Waals surface area contributed by atoms with Gasteiger partial charge in [-0.25, -0.2) is 14.5 Å². The molecule has 3 aromatic carbocycles. The van der Waals surface area contributed by atoms with Crippen LogP contribution in [0.25, 0.3) is 0 Å². The third kappa shape index (κ3) is 4.02. The van der Waals surface area contributed by atoms with Crippen LogP contribution in [-0.2, 0) is 4.74 Å². The van der Waals surface area contributed by atoms with Gasteiger partial charge >= 0.3 is 12.1 Å². The smallest absolute Gasteiger partial charge is 0.347 e. The largest absolute Gasteiger partial charge is 0.375 e. The highest BCUT2D eigenvalue weighted by Crippen LogP contribution is 2.41. The van der Waals surface area contributed by atoms with Crippen LogP contribution < -0.4 is 15.1 Å². The number of urea groups is 2. The van der Waals surface area contributed by atoms with E-state index in [0.29, 0.717) is 33.8 Å². The van der Waals surface area contributed by atoms with Crippen LogP contribution in [0.4, 0.5) is 26.7 Å². The number of anilines is 3. The molecule has 0 radical (unpaired) electrons. The first-order valence-electron chi connectivity index (χ1n) is 11.1. The molecule has 0 unspecified atom stereocenters. The molecule has 0 aromatic heterocycles. The van der Waals surface area contributed by atoms with Gasteiger partial charge in [0.15, 0.2) is 11.4 Å². The fraction of sp³-hybridized carbons (Fsp3) is 0.111. The number of rotatable bonds is 3. The minimum Gasteiger partial charge on any atom is -0.375 e. The highest BCUT2D eigenvalue weighted by Gasteiger charge is 2.61. The number of carbonyl (C=O) groups is 2. The average molecular weight is 487 g/mol. The minimum atomic E-state index is -1.05. The Balaban J connectivity index is 1.58. The highest BCUT2D eigenvalue weighted by atomic mass is 16.5. The molecule has 10 heteroatoms. The molecule has 5 rings (SSSR count). The fourth-order valence-corrected chi connectivity index (χ4v) is 4.23. The Morgan fingerprint density at radius 3 is 1.76 bits per heavy atom. The summed E-state index contributed by atoms with van der Waals surface area (Å²) >= 11 is 0. The van der Waals surface area contributed by atoms with E-state index >= 15 is 0 Å². The molecule has 1 spiro atoms. The number of ether oxygens (including phenoxy) is 1. The van der Waals surface area contributed by atoms with Gasteiger partial charge in [0.2, 0.25) is 0 Å². The SMILES string of the molecule is N#Cc1ccc(NC(=O)N=C2N(c3ccc(C#N)cc3)C(=O)N(c3ccc(C#N)cc3)C23COC3)cc1. The van der Waals surface area contributed by atoms with Crippen LogP contribution in [-0.4, -0.2) is 36.7 Å². The van der Waals surface area contributed by atoms with E-state index in [1.54, 1.807) is 72.8 Å². The van der Waals surface area contributed by atoms with Crippen LogP contribution in [0.1, 0.15) is 16.7 Å². The molecule has 10 nitrogen and oxygen atoms in total. The van der Waals surface area contributed by atoms with Crippen LogP contribution in [0.5, 0.6) is 0 Å². The van der Waals surface area contributed by atoms with Crippen molar-refractivity contribution in [2.24, 2.45) is 4.99 Å². The number of carbonyl (C=O) groups excluding carboxylic acids is 2. The number of hydrogen-bond donors (Lipinski definition) is 1. The molecule has 0 atom stereocenters. The maximum Gasteiger partial charge on any atom is 0.347 e. The molecule has 1 N–H and O–H groups in total. The second-order valence-corrected chi connectivity index (χ2v) is 8.35. The molecular formula is C27H17N7O3. The van der Waals surface area contributed by atoms with Crippen molar-refractivity contribution in [1.82, 2.24) is 0 Å². The monoisotopic (exact) mass is 487 g/mol. The maximum atomic E-state index is 13.9. The Labute approximate surface area is 211 Å². The molecule has 0 aliphatic carbocycles. The van der Waals surface area contributed by atoms with E-state index in [1.807, 2.05) is 12.1 Å². The lowest BCUT2D eigenvalue weighted by molar-refractivity contribution is -0.0152. The van der Waals surface area contributed by atoms with Gasteiger partial charge in [-0.2, -0.15) is 20.8 Å². The van der Waals surface area contributed by atoms with Gasteiger partial charge in [-0.1, -0.05) is 0 Å². The molecule has 2 aliphatic heterocycles. The first-order chi connectivity index (χ1) is 18.0. The second-order valence-electron chi connectivity index (χ2n) is 8.35. The van der Waals surface area contributed by atoms with Gasteiger partial charge in [-0.3, -0.25) is 4.90 Å². The number of nitrogens with zero attached hydrogens (tertiary/aromatic N) is 6. The van der Waals surface area contributed by atoms with Crippen LogP contribution in [0, 0.1) is 34.0 Å². The van der Waals surface area contributed by atoms with E-state index < -0.39 is 17.6 Å². The average Bonchev–Trinajstić information content (AvgIpc) is 3.17. The van der Waals surface area contributed by atoms with Crippen LogP contribution in [0.3, 0.4) is 0 Å². The molecule has 2 aliphatic rings. The fourth-order valence-electron chi connectivity index (χ4n) is 4.23. The van der Waals surface area contributed by atoms with Crippen molar-refractivity contribution in [2.45, 2.75) is 5.54 Å². The summed E-state index contributed by atoms with van der Waals surface area (Å²) in [5.74, 6) is 0.170. The third-order valence-corrected chi connectivity index (χ3v) is 6.10. The topological polar surface area (TPSA) is 146 Å². The van der Waals surface area contributed by atoms with Crippen molar-refractivity contribution in [1.29, 1.82) is 15.8 Å². The Kier molecular flexibility index (Phi) is 5.83. The van der Waals surface area contributed by atoms with E-state index in [2.05, 4.69) is 16.4 Å². The summed E-state index contributed by atoms with van der Waals surface area (Å²) in [4.78, 5) is 34.1. The van der Waals surface area contributed by atoms with E-state index in [9.17, 15) is 14.9 Å². The number of nitriles is 3. The molecule has 178 valence electrons. The molecule has 2 saturated heterocycles. The zero-order chi connectivity index (χ0) is 26.0. The summed E-state index contributed by atoms with van der Waals surface area (Å²) in [6.45, 7) is 0.211. The van der Waals surface area contributed by atoms with E-state index in [-0.39, 0.29) is 19.0 Å². The normalized spacial score (nSPS) is 16.6. The third-order valence-electron chi connectivity index (χ3n) is 6.10. The molecule has 37 heavy (non-hydrogen) atoms. The number of benzene rings is 3. The molecule has 3 aromatic rings. The Hall–Kier alpha value is -5.50. The van der Waals surface area contributed by atoms with Gasteiger partial charge in [-0.05, 0) is 72.8 Å². The van der Waals surface area contributed by atoms with Crippen LogP contribution in [0.2, 0.25) is 0 Å². The van der Waals surface area contributed by atoms with Crippen molar-refractivity contribution < 1.29 is 14.3 Å². The van der Waals surface area contributed by atoms with Gasteiger partial charge < -0.3 is 10.1 Å². The lowest BCUT2D eigenvalue weighted by Gasteiger charge is -2.43. The lowest BCUT2D eigenvalue weighted by atomic mass is 9.93. The molecule has 2 heterocycles.